The Kier molecular flexibility index (Phi) is 2.79. The minimum Gasteiger partial charge on any atom is -0.480 e. The summed E-state index contributed by atoms with van der Waals surface area (Å²) in [6, 6.07) is 1.43. The average molecular weight is 184 g/mol. The van der Waals surface area contributed by atoms with Crippen LogP contribution in [0.3, 0.4) is 0 Å². The second kappa shape index (κ2) is 3.84. The van der Waals surface area contributed by atoms with Crippen LogP contribution in [0.25, 0.3) is 0 Å². The Morgan fingerprint density at radius 2 is 2.46 bits per heavy atom. The van der Waals surface area contributed by atoms with Crippen molar-refractivity contribution in [1.29, 1.82) is 0 Å². The molecule has 0 fully saturated rings. The summed E-state index contributed by atoms with van der Waals surface area (Å²) in [6.07, 6.45) is 2.46. The highest BCUT2D eigenvalue weighted by Gasteiger charge is 2.09. The van der Waals surface area contributed by atoms with Crippen molar-refractivity contribution >= 4 is 11.7 Å². The fourth-order valence-corrected chi connectivity index (χ4v) is 0.965. The molecule has 0 spiro atoms. The van der Waals surface area contributed by atoms with E-state index in [1.54, 1.807) is 0 Å². The molecular weight excluding hydrogens is 175 g/mol. The van der Waals surface area contributed by atoms with Crippen molar-refractivity contribution < 1.29 is 14.3 Å². The van der Waals surface area contributed by atoms with E-state index in [2.05, 4.69) is 4.98 Å². The first-order valence-corrected chi connectivity index (χ1v) is 3.63. The lowest BCUT2D eigenvalue weighted by molar-refractivity contribution is -0.135. The predicted octanol–water partition coefficient (Wildman–Crippen LogP) is 0.742. The van der Waals surface area contributed by atoms with Crippen LogP contribution >= 0.6 is 0 Å². The van der Waals surface area contributed by atoms with Crippen LogP contribution in [0.5, 0.6) is 0 Å². The van der Waals surface area contributed by atoms with Gasteiger partial charge in [-0.25, -0.2) is 4.39 Å². The van der Waals surface area contributed by atoms with Crippen LogP contribution < -0.4 is 4.90 Å². The van der Waals surface area contributed by atoms with Crippen LogP contribution in [-0.2, 0) is 4.79 Å². The first-order valence-electron chi connectivity index (χ1n) is 3.63. The molecule has 1 aromatic heterocycles. The number of carboxylic acids is 1. The van der Waals surface area contributed by atoms with Gasteiger partial charge < -0.3 is 10.0 Å². The Hall–Kier alpha value is -1.65. The van der Waals surface area contributed by atoms with E-state index in [0.29, 0.717) is 0 Å². The van der Waals surface area contributed by atoms with Crippen LogP contribution in [0.15, 0.2) is 18.5 Å². The summed E-state index contributed by atoms with van der Waals surface area (Å²) >= 11 is 0. The summed E-state index contributed by atoms with van der Waals surface area (Å²) in [5, 5.41) is 8.46. The molecule has 0 saturated heterocycles. The smallest absolute Gasteiger partial charge is 0.323 e. The van der Waals surface area contributed by atoms with Crippen molar-refractivity contribution in [2.45, 2.75) is 0 Å². The molecule has 0 aliphatic carbocycles. The summed E-state index contributed by atoms with van der Waals surface area (Å²) in [5.74, 6) is -1.52. The SMILES string of the molecule is CN(CC(=O)O)c1ccncc1F. The van der Waals surface area contributed by atoms with Crippen molar-refractivity contribution in [3.63, 3.8) is 0 Å². The van der Waals surface area contributed by atoms with Gasteiger partial charge in [0.05, 0.1) is 11.9 Å². The summed E-state index contributed by atoms with van der Waals surface area (Å²) in [5.41, 5.74) is 0.234. The van der Waals surface area contributed by atoms with E-state index in [9.17, 15) is 9.18 Å². The lowest BCUT2D eigenvalue weighted by atomic mass is 10.3. The quantitative estimate of drug-likeness (QED) is 0.752. The van der Waals surface area contributed by atoms with Gasteiger partial charge in [0.2, 0.25) is 0 Å². The summed E-state index contributed by atoms with van der Waals surface area (Å²) < 4.78 is 13.0. The van der Waals surface area contributed by atoms with Crippen molar-refractivity contribution in [1.82, 2.24) is 4.98 Å². The van der Waals surface area contributed by atoms with Gasteiger partial charge in [0.1, 0.15) is 6.54 Å². The molecule has 0 bridgehead atoms. The highest BCUT2D eigenvalue weighted by molar-refractivity contribution is 5.73. The topological polar surface area (TPSA) is 53.4 Å². The van der Waals surface area contributed by atoms with Gasteiger partial charge in [-0.1, -0.05) is 0 Å². The van der Waals surface area contributed by atoms with E-state index < -0.39 is 11.8 Å². The van der Waals surface area contributed by atoms with Crippen LogP contribution in [0.1, 0.15) is 0 Å². The third kappa shape index (κ3) is 2.40. The molecule has 1 rings (SSSR count). The Morgan fingerprint density at radius 1 is 1.77 bits per heavy atom. The minimum atomic E-state index is -1.00. The van der Waals surface area contributed by atoms with Crippen LogP contribution in [-0.4, -0.2) is 29.7 Å². The number of likely N-dealkylation sites (N-methyl/N-ethyl adjacent to an activating group) is 1. The molecule has 0 amide bonds. The van der Waals surface area contributed by atoms with Crippen molar-refractivity contribution in [2.75, 3.05) is 18.5 Å². The van der Waals surface area contributed by atoms with E-state index in [0.717, 1.165) is 6.20 Å². The number of hydrogen-bond donors (Lipinski definition) is 1. The van der Waals surface area contributed by atoms with Gasteiger partial charge >= 0.3 is 5.97 Å². The average Bonchev–Trinajstić information content (AvgIpc) is 2.03. The Labute approximate surface area is 74.6 Å². The molecular formula is C8H9FN2O2. The summed E-state index contributed by atoms with van der Waals surface area (Å²) in [7, 11) is 1.51. The molecule has 0 atom stereocenters. The normalized spacial score (nSPS) is 9.69. The molecule has 70 valence electrons. The van der Waals surface area contributed by atoms with E-state index in [4.69, 9.17) is 5.11 Å². The van der Waals surface area contributed by atoms with Crippen LogP contribution in [0, 0.1) is 5.82 Å². The third-order valence-electron chi connectivity index (χ3n) is 1.53. The Balaban J connectivity index is 2.82. The minimum absolute atomic E-state index is 0.234. The number of nitrogens with zero attached hydrogens (tertiary/aromatic N) is 2. The molecule has 1 N–H and O–H groups in total. The first kappa shape index (κ1) is 9.44. The second-order valence-corrected chi connectivity index (χ2v) is 2.58. The van der Waals surface area contributed by atoms with E-state index in [-0.39, 0.29) is 12.2 Å². The third-order valence-corrected chi connectivity index (χ3v) is 1.53. The van der Waals surface area contributed by atoms with E-state index >= 15 is 0 Å². The number of rotatable bonds is 3. The lowest BCUT2D eigenvalue weighted by Crippen LogP contribution is -2.25. The van der Waals surface area contributed by atoms with E-state index in [1.807, 2.05) is 0 Å². The molecule has 13 heavy (non-hydrogen) atoms. The van der Waals surface area contributed by atoms with Gasteiger partial charge in [-0.05, 0) is 6.07 Å². The predicted molar refractivity (Wildman–Crippen MR) is 45.1 cm³/mol. The zero-order valence-electron chi connectivity index (χ0n) is 7.07. The summed E-state index contributed by atoms with van der Waals surface area (Å²) in [4.78, 5) is 15.2. The number of pyridine rings is 1. The molecule has 0 aliphatic rings. The van der Waals surface area contributed by atoms with Crippen molar-refractivity contribution in [3.05, 3.63) is 24.3 Å². The fraction of sp³-hybridized carbons (Fsp3) is 0.250. The largest absolute Gasteiger partial charge is 0.480 e. The zero-order valence-corrected chi connectivity index (χ0v) is 7.07. The van der Waals surface area contributed by atoms with Gasteiger partial charge in [0.15, 0.2) is 5.82 Å². The molecule has 0 saturated carbocycles. The van der Waals surface area contributed by atoms with Gasteiger partial charge in [-0.15, -0.1) is 0 Å². The second-order valence-electron chi connectivity index (χ2n) is 2.58. The molecule has 0 radical (unpaired) electrons. The Morgan fingerprint density at radius 3 is 3.00 bits per heavy atom. The maximum atomic E-state index is 13.0. The molecule has 0 aromatic carbocycles. The van der Waals surface area contributed by atoms with Gasteiger partial charge in [-0.2, -0.15) is 0 Å². The molecule has 1 heterocycles. The number of carboxylic acid groups (broad SMARTS) is 1. The molecule has 0 aliphatic heterocycles. The van der Waals surface area contributed by atoms with Crippen molar-refractivity contribution in [3.8, 4) is 0 Å². The summed E-state index contributed by atoms with van der Waals surface area (Å²) in [6.45, 7) is -0.235. The van der Waals surface area contributed by atoms with Crippen LogP contribution in [0.2, 0.25) is 0 Å². The fourth-order valence-electron chi connectivity index (χ4n) is 0.965. The number of aromatic nitrogens is 1. The molecule has 5 heteroatoms. The van der Waals surface area contributed by atoms with Crippen molar-refractivity contribution in [2.24, 2.45) is 0 Å². The molecule has 4 nitrogen and oxygen atoms in total. The highest BCUT2D eigenvalue weighted by Crippen LogP contribution is 2.14. The number of carbonyl (C=O) groups is 1. The number of hydrogen-bond acceptors (Lipinski definition) is 3. The lowest BCUT2D eigenvalue weighted by Gasteiger charge is -2.16. The number of halogens is 1. The first-order chi connectivity index (χ1) is 6.11. The highest BCUT2D eigenvalue weighted by atomic mass is 19.1. The van der Waals surface area contributed by atoms with E-state index in [1.165, 1.54) is 24.2 Å². The molecule has 0 unspecified atom stereocenters. The van der Waals surface area contributed by atoms with Crippen LogP contribution in [0.4, 0.5) is 10.1 Å². The van der Waals surface area contributed by atoms with Gasteiger partial charge in [0.25, 0.3) is 0 Å². The standard InChI is InChI=1S/C8H9FN2O2/c1-11(5-8(12)13)7-2-3-10-4-6(7)9/h2-4H,5H2,1H3,(H,12,13). The van der Waals surface area contributed by atoms with Gasteiger partial charge in [-0.3, -0.25) is 9.78 Å². The maximum Gasteiger partial charge on any atom is 0.323 e. The number of anilines is 1. The molecule has 1 aromatic rings. The van der Waals surface area contributed by atoms with Gasteiger partial charge in [0, 0.05) is 13.2 Å². The number of aliphatic carboxylic acids is 1. The zero-order chi connectivity index (χ0) is 9.84. The Bertz CT molecular complexity index is 317. The maximum absolute atomic E-state index is 13.0. The monoisotopic (exact) mass is 184 g/mol.